The minimum atomic E-state index is 0.320. The molecule has 1 aromatic rings. The molecule has 2 aliphatic rings. The lowest BCUT2D eigenvalue weighted by Gasteiger charge is -2.36. The fourth-order valence-corrected chi connectivity index (χ4v) is 3.66. The van der Waals surface area contributed by atoms with E-state index < -0.39 is 0 Å². The van der Waals surface area contributed by atoms with E-state index in [-0.39, 0.29) is 0 Å². The second-order valence-electron chi connectivity index (χ2n) is 5.33. The average molecular weight is 320 g/mol. The summed E-state index contributed by atoms with van der Waals surface area (Å²) in [6.07, 6.45) is 2.52. The number of hydrogen-bond donors (Lipinski definition) is 1. The Hall–Kier alpha value is 0.01000. The molecular formula is C14H17Cl3N2. The van der Waals surface area contributed by atoms with Gasteiger partial charge in [0.05, 0.1) is 10.0 Å². The number of nitrogens with zero attached hydrogens (tertiary/aromatic N) is 1. The standard InChI is InChI=1S/C14H17Cl3N2/c15-10-3-4-11(16)13(17)12(10)14(9-1-2-9)19-7-5-18-6-8-19/h3-4,9,14,18H,1-2,5-8H2/t14-/m1/s1. The first-order valence-corrected chi connectivity index (χ1v) is 7.90. The summed E-state index contributed by atoms with van der Waals surface area (Å²) in [4.78, 5) is 2.50. The molecule has 2 fully saturated rings. The molecule has 0 radical (unpaired) electrons. The van der Waals surface area contributed by atoms with Crippen LogP contribution in [0.15, 0.2) is 12.1 Å². The van der Waals surface area contributed by atoms with Crippen LogP contribution in [-0.2, 0) is 0 Å². The Labute approximate surface area is 129 Å². The van der Waals surface area contributed by atoms with E-state index >= 15 is 0 Å². The SMILES string of the molecule is Clc1ccc(Cl)c([C@@H](C2CC2)N2CCNCC2)c1Cl. The quantitative estimate of drug-likeness (QED) is 0.847. The van der Waals surface area contributed by atoms with Crippen LogP contribution >= 0.6 is 34.8 Å². The smallest absolute Gasteiger partial charge is 0.0655 e. The molecule has 1 atom stereocenters. The minimum Gasteiger partial charge on any atom is -0.314 e. The Balaban J connectivity index is 1.97. The van der Waals surface area contributed by atoms with Crippen LogP contribution in [0.5, 0.6) is 0 Å². The Morgan fingerprint density at radius 2 is 1.68 bits per heavy atom. The van der Waals surface area contributed by atoms with Crippen molar-refractivity contribution in [3.05, 3.63) is 32.8 Å². The predicted molar refractivity (Wildman–Crippen MR) is 81.4 cm³/mol. The molecule has 1 aromatic carbocycles. The summed E-state index contributed by atoms with van der Waals surface area (Å²) >= 11 is 19.0. The lowest BCUT2D eigenvalue weighted by Crippen LogP contribution is -2.45. The van der Waals surface area contributed by atoms with E-state index in [1.165, 1.54) is 12.8 Å². The second-order valence-corrected chi connectivity index (χ2v) is 6.52. The Bertz CT molecular complexity index is 468. The number of halogens is 3. The maximum atomic E-state index is 6.43. The van der Waals surface area contributed by atoms with Gasteiger partial charge in [-0.1, -0.05) is 34.8 Å². The summed E-state index contributed by atoms with van der Waals surface area (Å²) < 4.78 is 0. The van der Waals surface area contributed by atoms with Crippen LogP contribution in [0.3, 0.4) is 0 Å². The first-order chi connectivity index (χ1) is 9.18. The molecule has 1 N–H and O–H groups in total. The summed E-state index contributed by atoms with van der Waals surface area (Å²) in [6.45, 7) is 4.14. The van der Waals surface area contributed by atoms with Gasteiger partial charge in [-0.05, 0) is 30.9 Å². The molecule has 0 spiro atoms. The van der Waals surface area contributed by atoms with Crippen LogP contribution in [0.4, 0.5) is 0 Å². The van der Waals surface area contributed by atoms with Gasteiger partial charge in [0.15, 0.2) is 0 Å². The number of hydrogen-bond acceptors (Lipinski definition) is 2. The molecule has 5 heteroatoms. The third-order valence-electron chi connectivity index (χ3n) is 3.99. The molecule has 0 amide bonds. The predicted octanol–water partition coefficient (Wildman–Crippen LogP) is 4.00. The monoisotopic (exact) mass is 318 g/mol. The van der Waals surface area contributed by atoms with E-state index in [9.17, 15) is 0 Å². The lowest BCUT2D eigenvalue weighted by molar-refractivity contribution is 0.156. The molecule has 1 aliphatic carbocycles. The van der Waals surface area contributed by atoms with Crippen molar-refractivity contribution in [1.82, 2.24) is 10.2 Å². The fourth-order valence-electron chi connectivity index (χ4n) is 2.90. The zero-order valence-corrected chi connectivity index (χ0v) is 12.9. The van der Waals surface area contributed by atoms with Crippen LogP contribution < -0.4 is 5.32 Å². The maximum absolute atomic E-state index is 6.43. The summed E-state index contributed by atoms with van der Waals surface area (Å²) in [7, 11) is 0. The second kappa shape index (κ2) is 5.79. The average Bonchev–Trinajstić information content (AvgIpc) is 3.24. The molecule has 104 valence electrons. The molecule has 2 nitrogen and oxygen atoms in total. The van der Waals surface area contributed by atoms with Gasteiger partial charge in [0.2, 0.25) is 0 Å². The number of piperazine rings is 1. The first-order valence-electron chi connectivity index (χ1n) is 6.76. The largest absolute Gasteiger partial charge is 0.314 e. The van der Waals surface area contributed by atoms with Gasteiger partial charge in [0.25, 0.3) is 0 Å². The van der Waals surface area contributed by atoms with Gasteiger partial charge in [-0.2, -0.15) is 0 Å². The van der Waals surface area contributed by atoms with E-state index in [2.05, 4.69) is 10.2 Å². The van der Waals surface area contributed by atoms with Crippen molar-refractivity contribution in [3.63, 3.8) is 0 Å². The van der Waals surface area contributed by atoms with Crippen LogP contribution in [-0.4, -0.2) is 31.1 Å². The minimum absolute atomic E-state index is 0.320. The van der Waals surface area contributed by atoms with Crippen molar-refractivity contribution in [3.8, 4) is 0 Å². The van der Waals surface area contributed by atoms with Gasteiger partial charge >= 0.3 is 0 Å². The molecule has 19 heavy (non-hydrogen) atoms. The maximum Gasteiger partial charge on any atom is 0.0655 e. The Morgan fingerprint density at radius 3 is 2.32 bits per heavy atom. The molecule has 1 saturated carbocycles. The van der Waals surface area contributed by atoms with Crippen LogP contribution in [0.2, 0.25) is 15.1 Å². The summed E-state index contributed by atoms with van der Waals surface area (Å²) in [5.74, 6) is 0.673. The highest BCUT2D eigenvalue weighted by Crippen LogP contribution is 2.49. The van der Waals surface area contributed by atoms with Gasteiger partial charge in [-0.3, -0.25) is 4.90 Å². The van der Waals surface area contributed by atoms with E-state index in [4.69, 9.17) is 34.8 Å². The van der Waals surface area contributed by atoms with Crippen molar-refractivity contribution < 1.29 is 0 Å². The van der Waals surface area contributed by atoms with Crippen LogP contribution in [0.1, 0.15) is 24.4 Å². The van der Waals surface area contributed by atoms with Crippen LogP contribution in [0.25, 0.3) is 0 Å². The third-order valence-corrected chi connectivity index (χ3v) is 5.14. The van der Waals surface area contributed by atoms with E-state index in [0.717, 1.165) is 36.8 Å². The molecule has 0 bridgehead atoms. The van der Waals surface area contributed by atoms with Gasteiger partial charge in [-0.15, -0.1) is 0 Å². The fraction of sp³-hybridized carbons (Fsp3) is 0.571. The molecule has 0 aromatic heterocycles. The molecule has 1 heterocycles. The number of nitrogens with one attached hydrogen (secondary N) is 1. The molecule has 1 saturated heterocycles. The normalized spacial score (nSPS) is 22.5. The topological polar surface area (TPSA) is 15.3 Å². The van der Waals surface area contributed by atoms with Crippen molar-refractivity contribution in [2.75, 3.05) is 26.2 Å². The van der Waals surface area contributed by atoms with E-state index in [0.29, 0.717) is 22.0 Å². The van der Waals surface area contributed by atoms with Crippen LogP contribution in [0, 0.1) is 5.92 Å². The zero-order chi connectivity index (χ0) is 13.4. The van der Waals surface area contributed by atoms with Gasteiger partial charge < -0.3 is 5.32 Å². The van der Waals surface area contributed by atoms with E-state index in [1.54, 1.807) is 6.07 Å². The highest BCUT2D eigenvalue weighted by atomic mass is 35.5. The zero-order valence-electron chi connectivity index (χ0n) is 10.6. The van der Waals surface area contributed by atoms with E-state index in [1.807, 2.05) is 6.07 Å². The van der Waals surface area contributed by atoms with Gasteiger partial charge in [0, 0.05) is 42.8 Å². The summed E-state index contributed by atoms with van der Waals surface area (Å²) in [6, 6.07) is 3.96. The number of rotatable bonds is 3. The van der Waals surface area contributed by atoms with Crippen molar-refractivity contribution in [2.24, 2.45) is 5.92 Å². The highest BCUT2D eigenvalue weighted by Gasteiger charge is 2.39. The first kappa shape index (κ1) is 14.0. The van der Waals surface area contributed by atoms with Gasteiger partial charge in [-0.25, -0.2) is 0 Å². The van der Waals surface area contributed by atoms with Gasteiger partial charge in [0.1, 0.15) is 0 Å². The Kier molecular flexibility index (Phi) is 4.25. The molecule has 1 aliphatic heterocycles. The highest BCUT2D eigenvalue weighted by molar-refractivity contribution is 6.44. The van der Waals surface area contributed by atoms with Crippen molar-refractivity contribution in [2.45, 2.75) is 18.9 Å². The summed E-state index contributed by atoms with van der Waals surface area (Å²) in [5, 5.41) is 5.36. The molecule has 0 unspecified atom stereocenters. The van der Waals surface area contributed by atoms with Crippen molar-refractivity contribution in [1.29, 1.82) is 0 Å². The Morgan fingerprint density at radius 1 is 1.05 bits per heavy atom. The summed E-state index contributed by atoms with van der Waals surface area (Å²) in [5.41, 5.74) is 1.03. The van der Waals surface area contributed by atoms with Crippen molar-refractivity contribution >= 4 is 34.8 Å². The molecule has 3 rings (SSSR count). The third kappa shape index (κ3) is 2.88. The lowest BCUT2D eigenvalue weighted by atomic mass is 9.99. The number of benzene rings is 1. The molecular weight excluding hydrogens is 303 g/mol.